The number of hydrogen-bond acceptors (Lipinski definition) is 3. The number of nitrogens with one attached hydrogen (secondary N) is 1. The minimum Gasteiger partial charge on any atom is -0.354 e. The first kappa shape index (κ1) is 17.0. The third-order valence-corrected chi connectivity index (χ3v) is 5.62. The van der Waals surface area contributed by atoms with Crippen LogP contribution in [-0.4, -0.2) is 22.2 Å². The summed E-state index contributed by atoms with van der Waals surface area (Å²) in [5.74, 6) is 1.58. The molecule has 2 aliphatic carbocycles. The summed E-state index contributed by atoms with van der Waals surface area (Å²) >= 11 is 6.20. The summed E-state index contributed by atoms with van der Waals surface area (Å²) in [5, 5.41) is 7.82. The van der Waals surface area contributed by atoms with Gasteiger partial charge in [-0.05, 0) is 42.7 Å². The molecule has 1 amide bonds. The molecule has 0 aliphatic heterocycles. The molecule has 2 aliphatic rings. The molecule has 6 heteroatoms. The van der Waals surface area contributed by atoms with Crippen molar-refractivity contribution in [2.75, 3.05) is 6.54 Å². The molecule has 26 heavy (non-hydrogen) atoms. The van der Waals surface area contributed by atoms with Crippen molar-refractivity contribution in [1.82, 2.24) is 15.1 Å². The van der Waals surface area contributed by atoms with E-state index in [1.165, 1.54) is 17.2 Å². The van der Waals surface area contributed by atoms with Crippen molar-refractivity contribution in [1.29, 1.82) is 0 Å². The van der Waals surface area contributed by atoms with Crippen LogP contribution in [0.1, 0.15) is 12.8 Å². The molecule has 1 aromatic carbocycles. The van der Waals surface area contributed by atoms with Gasteiger partial charge in [-0.2, -0.15) is 5.10 Å². The monoisotopic (exact) mass is 369 g/mol. The summed E-state index contributed by atoms with van der Waals surface area (Å²) in [7, 11) is 0. The fourth-order valence-corrected chi connectivity index (χ4v) is 4.17. The number of allylic oxidation sites excluding steroid dienone is 2. The van der Waals surface area contributed by atoms with Crippen LogP contribution in [0.4, 0.5) is 0 Å². The Labute approximate surface area is 156 Å². The van der Waals surface area contributed by atoms with E-state index >= 15 is 0 Å². The van der Waals surface area contributed by atoms with Gasteiger partial charge in [-0.3, -0.25) is 9.59 Å². The van der Waals surface area contributed by atoms with Gasteiger partial charge in [0.05, 0.1) is 10.7 Å². The lowest BCUT2D eigenvalue weighted by Gasteiger charge is -2.18. The number of fused-ring (bicyclic) bond motifs is 2. The summed E-state index contributed by atoms with van der Waals surface area (Å²) in [6, 6.07) is 10.3. The quantitative estimate of drug-likeness (QED) is 0.824. The first-order valence-corrected chi connectivity index (χ1v) is 9.26. The standard InChI is InChI=1S/C20H20ClN3O2/c21-17-4-2-1-3-16(17)18-7-8-20(26)24(23-18)12-19(25)22-11-15-10-13-5-6-14(15)9-13/h1-8,13-15H,9-12H2,(H,22,25)/t13-,14+,15+/m1/s1. The highest BCUT2D eigenvalue weighted by Gasteiger charge is 2.35. The maximum atomic E-state index is 12.3. The second-order valence-electron chi connectivity index (χ2n) is 7.04. The van der Waals surface area contributed by atoms with Crippen LogP contribution in [0.25, 0.3) is 11.3 Å². The lowest BCUT2D eigenvalue weighted by Crippen LogP contribution is -2.36. The first-order valence-electron chi connectivity index (χ1n) is 8.88. The average molecular weight is 370 g/mol. The molecule has 0 radical (unpaired) electrons. The normalized spacial score (nSPS) is 23.3. The van der Waals surface area contributed by atoms with Crippen molar-refractivity contribution in [3.8, 4) is 11.3 Å². The van der Waals surface area contributed by atoms with Gasteiger partial charge in [0, 0.05) is 18.2 Å². The molecule has 2 bridgehead atoms. The largest absolute Gasteiger partial charge is 0.354 e. The molecule has 4 rings (SSSR count). The fourth-order valence-electron chi connectivity index (χ4n) is 3.94. The topological polar surface area (TPSA) is 64.0 Å². The Morgan fingerprint density at radius 2 is 2.04 bits per heavy atom. The maximum absolute atomic E-state index is 12.3. The molecule has 1 saturated carbocycles. The van der Waals surface area contributed by atoms with E-state index in [9.17, 15) is 9.59 Å². The van der Waals surface area contributed by atoms with Crippen LogP contribution in [0.5, 0.6) is 0 Å². The van der Waals surface area contributed by atoms with E-state index < -0.39 is 0 Å². The molecule has 134 valence electrons. The van der Waals surface area contributed by atoms with E-state index in [0.717, 1.165) is 12.0 Å². The second-order valence-corrected chi connectivity index (χ2v) is 7.45. The van der Waals surface area contributed by atoms with Gasteiger partial charge in [0.15, 0.2) is 0 Å². The highest BCUT2D eigenvalue weighted by atomic mass is 35.5. The van der Waals surface area contributed by atoms with Crippen LogP contribution in [0.3, 0.4) is 0 Å². The van der Waals surface area contributed by atoms with Crippen LogP contribution in [0, 0.1) is 17.8 Å². The molecule has 3 atom stereocenters. The van der Waals surface area contributed by atoms with Gasteiger partial charge in [0.1, 0.15) is 6.54 Å². The van der Waals surface area contributed by atoms with E-state index in [0.29, 0.717) is 35.0 Å². The Morgan fingerprint density at radius 1 is 1.19 bits per heavy atom. The molecule has 1 fully saturated rings. The predicted octanol–water partition coefficient (Wildman–Crippen LogP) is 2.89. The van der Waals surface area contributed by atoms with Crippen molar-refractivity contribution < 1.29 is 4.79 Å². The molecule has 1 heterocycles. The van der Waals surface area contributed by atoms with Gasteiger partial charge in [0.25, 0.3) is 5.56 Å². The zero-order valence-corrected chi connectivity index (χ0v) is 15.0. The van der Waals surface area contributed by atoms with E-state index in [-0.39, 0.29) is 18.0 Å². The molecule has 0 saturated heterocycles. The van der Waals surface area contributed by atoms with Crippen LogP contribution in [0.15, 0.2) is 53.3 Å². The highest BCUT2D eigenvalue weighted by Crippen LogP contribution is 2.42. The zero-order chi connectivity index (χ0) is 18.1. The number of rotatable bonds is 5. The number of amides is 1. The smallest absolute Gasteiger partial charge is 0.267 e. The minimum absolute atomic E-state index is 0.0895. The summed E-state index contributed by atoms with van der Waals surface area (Å²) in [5.41, 5.74) is 0.997. The number of nitrogens with zero attached hydrogens (tertiary/aromatic N) is 2. The predicted molar refractivity (Wildman–Crippen MR) is 101 cm³/mol. The Morgan fingerprint density at radius 3 is 2.77 bits per heavy atom. The van der Waals surface area contributed by atoms with E-state index in [2.05, 4.69) is 22.6 Å². The van der Waals surface area contributed by atoms with Crippen LogP contribution in [-0.2, 0) is 11.3 Å². The van der Waals surface area contributed by atoms with Gasteiger partial charge in [-0.15, -0.1) is 0 Å². The molecule has 1 aromatic heterocycles. The summed E-state index contributed by atoms with van der Waals surface area (Å²) in [6.45, 7) is 0.567. The maximum Gasteiger partial charge on any atom is 0.267 e. The van der Waals surface area contributed by atoms with Gasteiger partial charge in [0.2, 0.25) is 5.91 Å². The molecule has 0 spiro atoms. The number of benzene rings is 1. The van der Waals surface area contributed by atoms with E-state index in [1.807, 2.05) is 18.2 Å². The zero-order valence-electron chi connectivity index (χ0n) is 14.3. The summed E-state index contributed by atoms with van der Waals surface area (Å²) in [4.78, 5) is 24.4. The Hall–Kier alpha value is -2.40. The van der Waals surface area contributed by atoms with Crippen molar-refractivity contribution in [2.24, 2.45) is 17.8 Å². The first-order chi connectivity index (χ1) is 12.6. The number of carbonyl (C=O) groups excluding carboxylic acids is 1. The minimum atomic E-state index is -0.307. The Bertz CT molecular complexity index is 921. The molecule has 5 nitrogen and oxygen atoms in total. The third-order valence-electron chi connectivity index (χ3n) is 5.29. The Balaban J connectivity index is 1.43. The number of hydrogen-bond donors (Lipinski definition) is 1. The number of halogens is 1. The summed E-state index contributed by atoms with van der Waals surface area (Å²) in [6.07, 6.45) is 6.90. The SMILES string of the molecule is O=C(Cn1nc(-c2ccccc2Cl)ccc1=O)NC[C@@H]1C[C@@H]2C=C[C@H]1C2. The van der Waals surface area contributed by atoms with Crippen molar-refractivity contribution in [3.63, 3.8) is 0 Å². The number of aromatic nitrogens is 2. The molecular formula is C20H20ClN3O2. The lowest BCUT2D eigenvalue weighted by molar-refractivity contribution is -0.122. The fraction of sp³-hybridized carbons (Fsp3) is 0.350. The van der Waals surface area contributed by atoms with Crippen molar-refractivity contribution in [3.05, 3.63) is 63.9 Å². The molecule has 1 N–H and O–H groups in total. The van der Waals surface area contributed by atoms with Crippen molar-refractivity contribution in [2.45, 2.75) is 19.4 Å². The third kappa shape index (κ3) is 3.44. The lowest BCUT2D eigenvalue weighted by atomic mass is 9.94. The van der Waals surface area contributed by atoms with Crippen LogP contribution >= 0.6 is 11.6 Å². The molecule has 0 unspecified atom stereocenters. The van der Waals surface area contributed by atoms with Gasteiger partial charge < -0.3 is 5.32 Å². The van der Waals surface area contributed by atoms with E-state index in [1.54, 1.807) is 12.1 Å². The number of carbonyl (C=O) groups is 1. The van der Waals surface area contributed by atoms with Gasteiger partial charge in [-0.1, -0.05) is 42.0 Å². The van der Waals surface area contributed by atoms with Gasteiger partial charge >= 0.3 is 0 Å². The van der Waals surface area contributed by atoms with Crippen LogP contribution in [0.2, 0.25) is 5.02 Å². The highest BCUT2D eigenvalue weighted by molar-refractivity contribution is 6.33. The molecular weight excluding hydrogens is 350 g/mol. The van der Waals surface area contributed by atoms with Crippen LogP contribution < -0.4 is 10.9 Å². The Kier molecular flexibility index (Phi) is 4.64. The van der Waals surface area contributed by atoms with E-state index in [4.69, 9.17) is 11.6 Å². The van der Waals surface area contributed by atoms with Crippen molar-refractivity contribution >= 4 is 17.5 Å². The second kappa shape index (κ2) is 7.08. The van der Waals surface area contributed by atoms with Gasteiger partial charge in [-0.25, -0.2) is 4.68 Å². The summed E-state index contributed by atoms with van der Waals surface area (Å²) < 4.78 is 1.19. The average Bonchev–Trinajstić information content (AvgIpc) is 3.25. The molecule has 2 aromatic rings.